The van der Waals surface area contributed by atoms with Crippen molar-refractivity contribution in [3.05, 3.63) is 54.3 Å². The highest BCUT2D eigenvalue weighted by atomic mass is 19.1. The maximum atomic E-state index is 13.7. The van der Waals surface area contributed by atoms with Gasteiger partial charge in [-0.1, -0.05) is 44.7 Å². The van der Waals surface area contributed by atoms with E-state index < -0.39 is 11.8 Å². The van der Waals surface area contributed by atoms with Gasteiger partial charge in [0.25, 0.3) is 0 Å². The summed E-state index contributed by atoms with van der Waals surface area (Å²) in [7, 11) is 0. The van der Waals surface area contributed by atoms with E-state index in [1.54, 1.807) is 12.1 Å². The number of nitrogens with one attached hydrogen (secondary N) is 2. The van der Waals surface area contributed by atoms with E-state index in [0.717, 1.165) is 44.7 Å². The molecule has 1 aliphatic rings. The van der Waals surface area contributed by atoms with Crippen LogP contribution in [0.25, 0.3) is 0 Å². The molecule has 0 bridgehead atoms. The predicted octanol–water partition coefficient (Wildman–Crippen LogP) is 5.48. The van der Waals surface area contributed by atoms with Crippen LogP contribution in [-0.2, 0) is 4.79 Å². The second-order valence-electron chi connectivity index (χ2n) is 8.14. The number of para-hydroxylation sites is 1. The van der Waals surface area contributed by atoms with Crippen LogP contribution in [0.2, 0.25) is 0 Å². The number of hydrogen-bond donors (Lipinski definition) is 2. The van der Waals surface area contributed by atoms with Gasteiger partial charge in [0.1, 0.15) is 5.82 Å². The normalized spacial score (nSPS) is 13.7. The van der Waals surface area contributed by atoms with Crippen molar-refractivity contribution in [2.45, 2.75) is 45.4 Å². The number of nitrogens with zero attached hydrogens (tertiary/aromatic N) is 2. The van der Waals surface area contributed by atoms with Crippen molar-refractivity contribution >= 4 is 29.0 Å². The number of unbranched alkanes of at least 4 members (excludes halogenated alkanes) is 4. The Morgan fingerprint density at radius 3 is 2.25 bits per heavy atom. The van der Waals surface area contributed by atoms with Gasteiger partial charge in [0.15, 0.2) is 0 Å². The number of urea groups is 1. The molecule has 0 aliphatic carbocycles. The summed E-state index contributed by atoms with van der Waals surface area (Å²) < 4.78 is 13.7. The monoisotopic (exact) mass is 440 g/mol. The van der Waals surface area contributed by atoms with Gasteiger partial charge >= 0.3 is 6.03 Å². The van der Waals surface area contributed by atoms with Gasteiger partial charge in [0.05, 0.1) is 5.69 Å². The third-order valence-electron chi connectivity index (χ3n) is 5.74. The molecule has 1 fully saturated rings. The van der Waals surface area contributed by atoms with E-state index in [2.05, 4.69) is 22.5 Å². The third-order valence-corrected chi connectivity index (χ3v) is 5.74. The molecular weight excluding hydrogens is 407 g/mol. The molecule has 1 heterocycles. The van der Waals surface area contributed by atoms with E-state index in [-0.39, 0.29) is 11.6 Å². The molecule has 2 N–H and O–H groups in total. The van der Waals surface area contributed by atoms with Crippen molar-refractivity contribution in [2.24, 2.45) is 0 Å². The molecule has 172 valence electrons. The van der Waals surface area contributed by atoms with Crippen molar-refractivity contribution in [1.82, 2.24) is 4.90 Å². The average Bonchev–Trinajstić information content (AvgIpc) is 2.81. The van der Waals surface area contributed by atoms with Crippen LogP contribution in [0.3, 0.4) is 0 Å². The van der Waals surface area contributed by atoms with Crippen molar-refractivity contribution in [3.63, 3.8) is 0 Å². The van der Waals surface area contributed by atoms with Crippen LogP contribution in [0.1, 0.15) is 45.4 Å². The Labute approximate surface area is 189 Å². The van der Waals surface area contributed by atoms with Crippen LogP contribution in [0.15, 0.2) is 48.5 Å². The summed E-state index contributed by atoms with van der Waals surface area (Å²) in [5.74, 6) is -0.214. The first-order chi connectivity index (χ1) is 15.6. The van der Waals surface area contributed by atoms with Gasteiger partial charge in [-0.15, -0.1) is 0 Å². The van der Waals surface area contributed by atoms with Crippen LogP contribution in [0.5, 0.6) is 0 Å². The second kappa shape index (κ2) is 12.1. The summed E-state index contributed by atoms with van der Waals surface area (Å²) >= 11 is 0. The van der Waals surface area contributed by atoms with Gasteiger partial charge in [-0.05, 0) is 42.8 Å². The fourth-order valence-electron chi connectivity index (χ4n) is 3.85. The van der Waals surface area contributed by atoms with Crippen LogP contribution >= 0.6 is 0 Å². The van der Waals surface area contributed by atoms with Crippen LogP contribution < -0.4 is 15.5 Å². The number of piperazine rings is 1. The standard InChI is InChI=1S/C25H33FN4O2/c1-2-3-4-5-6-11-24(31)30-18-16-29(17-19-30)21-14-12-20(13-15-21)27-25(32)28-23-10-8-7-9-22(23)26/h7-10,12-15H,2-6,11,16-19H2,1H3,(H2,27,28,32). The molecule has 0 atom stereocenters. The van der Waals surface area contributed by atoms with E-state index in [0.29, 0.717) is 12.1 Å². The summed E-state index contributed by atoms with van der Waals surface area (Å²) in [6.07, 6.45) is 6.45. The van der Waals surface area contributed by atoms with Gasteiger partial charge in [-0.2, -0.15) is 0 Å². The summed E-state index contributed by atoms with van der Waals surface area (Å²) in [6.45, 7) is 5.25. The molecule has 3 amide bonds. The second-order valence-corrected chi connectivity index (χ2v) is 8.14. The summed E-state index contributed by atoms with van der Waals surface area (Å²) in [6, 6.07) is 13.1. The van der Waals surface area contributed by atoms with Gasteiger partial charge in [-0.3, -0.25) is 4.79 Å². The summed E-state index contributed by atoms with van der Waals surface area (Å²) in [5, 5.41) is 5.22. The average molecular weight is 441 g/mol. The molecule has 0 aromatic heterocycles. The Bertz CT molecular complexity index is 880. The smallest absolute Gasteiger partial charge is 0.323 e. The lowest BCUT2D eigenvalue weighted by molar-refractivity contribution is -0.131. The Morgan fingerprint density at radius 2 is 1.56 bits per heavy atom. The van der Waals surface area contributed by atoms with E-state index >= 15 is 0 Å². The maximum Gasteiger partial charge on any atom is 0.323 e. The van der Waals surface area contributed by atoms with E-state index in [1.165, 1.54) is 31.4 Å². The highest BCUT2D eigenvalue weighted by Gasteiger charge is 2.21. The zero-order chi connectivity index (χ0) is 22.8. The zero-order valence-corrected chi connectivity index (χ0v) is 18.8. The van der Waals surface area contributed by atoms with Gasteiger partial charge in [-0.25, -0.2) is 9.18 Å². The number of rotatable bonds is 9. The Hall–Kier alpha value is -3.09. The lowest BCUT2D eigenvalue weighted by atomic mass is 10.1. The molecule has 0 radical (unpaired) electrons. The molecular formula is C25H33FN4O2. The fraction of sp³-hybridized carbons (Fsp3) is 0.440. The summed E-state index contributed by atoms with van der Waals surface area (Å²) in [4.78, 5) is 28.7. The maximum absolute atomic E-state index is 13.7. The van der Waals surface area contributed by atoms with E-state index in [9.17, 15) is 14.0 Å². The molecule has 2 aromatic rings. The quantitative estimate of drug-likeness (QED) is 0.508. The number of halogens is 1. The molecule has 7 heteroatoms. The number of carbonyl (C=O) groups is 2. The molecule has 2 aromatic carbocycles. The number of carbonyl (C=O) groups excluding carboxylic acids is 2. The molecule has 1 saturated heterocycles. The predicted molar refractivity (Wildman–Crippen MR) is 128 cm³/mol. The first-order valence-corrected chi connectivity index (χ1v) is 11.5. The van der Waals surface area contributed by atoms with Crippen molar-refractivity contribution in [1.29, 1.82) is 0 Å². The van der Waals surface area contributed by atoms with E-state index in [4.69, 9.17) is 0 Å². The molecule has 32 heavy (non-hydrogen) atoms. The minimum absolute atomic E-state index is 0.134. The lowest BCUT2D eigenvalue weighted by Crippen LogP contribution is -2.48. The van der Waals surface area contributed by atoms with E-state index in [1.807, 2.05) is 29.2 Å². The number of benzene rings is 2. The van der Waals surface area contributed by atoms with Crippen LogP contribution in [-0.4, -0.2) is 43.0 Å². The van der Waals surface area contributed by atoms with Gasteiger partial charge in [0.2, 0.25) is 5.91 Å². The topological polar surface area (TPSA) is 64.7 Å². The SMILES string of the molecule is CCCCCCCC(=O)N1CCN(c2ccc(NC(=O)Nc3ccccc3F)cc2)CC1. The fourth-order valence-corrected chi connectivity index (χ4v) is 3.85. The van der Waals surface area contributed by atoms with Crippen molar-refractivity contribution in [2.75, 3.05) is 41.7 Å². The zero-order valence-electron chi connectivity index (χ0n) is 18.8. The van der Waals surface area contributed by atoms with Crippen molar-refractivity contribution < 1.29 is 14.0 Å². The molecule has 0 saturated carbocycles. The van der Waals surface area contributed by atoms with Gasteiger partial charge < -0.3 is 20.4 Å². The Kier molecular flexibility index (Phi) is 8.90. The third kappa shape index (κ3) is 6.97. The van der Waals surface area contributed by atoms with Crippen molar-refractivity contribution in [3.8, 4) is 0 Å². The Morgan fingerprint density at radius 1 is 0.875 bits per heavy atom. The minimum Gasteiger partial charge on any atom is -0.368 e. The number of amides is 3. The molecule has 3 rings (SSSR count). The highest BCUT2D eigenvalue weighted by Crippen LogP contribution is 2.21. The van der Waals surface area contributed by atoms with Crippen LogP contribution in [0.4, 0.5) is 26.2 Å². The highest BCUT2D eigenvalue weighted by molar-refractivity contribution is 5.99. The Balaban J connectivity index is 1.42. The molecule has 0 spiro atoms. The molecule has 1 aliphatic heterocycles. The first kappa shape index (κ1) is 23.6. The van der Waals surface area contributed by atoms with Gasteiger partial charge in [0, 0.05) is 44.0 Å². The van der Waals surface area contributed by atoms with Crippen LogP contribution in [0, 0.1) is 5.82 Å². The summed E-state index contributed by atoms with van der Waals surface area (Å²) in [5.41, 5.74) is 1.81. The number of anilines is 3. The minimum atomic E-state index is -0.496. The number of hydrogen-bond acceptors (Lipinski definition) is 3. The molecule has 0 unspecified atom stereocenters. The lowest BCUT2D eigenvalue weighted by Gasteiger charge is -2.36. The largest absolute Gasteiger partial charge is 0.368 e. The first-order valence-electron chi connectivity index (χ1n) is 11.5. The molecule has 6 nitrogen and oxygen atoms in total.